The van der Waals surface area contributed by atoms with Crippen molar-refractivity contribution in [3.63, 3.8) is 0 Å². The number of benzene rings is 2. The Kier molecular flexibility index (Phi) is 4.16. The fourth-order valence-electron chi connectivity index (χ4n) is 3.38. The lowest BCUT2D eigenvalue weighted by Gasteiger charge is -2.30. The number of hydrogen-bond acceptors (Lipinski definition) is 4. The fourth-order valence-corrected chi connectivity index (χ4v) is 3.71. The lowest BCUT2D eigenvalue weighted by Crippen LogP contribution is -2.17. The Labute approximate surface area is 154 Å². The average Bonchev–Trinajstić information content (AvgIpc) is 2.64. The highest BCUT2D eigenvalue weighted by molar-refractivity contribution is 9.09. The Hall–Kier alpha value is -2.08. The zero-order valence-electron chi connectivity index (χ0n) is 13.7. The van der Waals surface area contributed by atoms with Gasteiger partial charge in [-0.1, -0.05) is 22.8 Å². The highest BCUT2D eigenvalue weighted by atomic mass is 79.9. The van der Waals surface area contributed by atoms with E-state index in [0.29, 0.717) is 42.2 Å². The van der Waals surface area contributed by atoms with E-state index in [1.165, 1.54) is 0 Å². The summed E-state index contributed by atoms with van der Waals surface area (Å²) in [5.41, 5.74) is 5.12. The predicted molar refractivity (Wildman–Crippen MR) is 99.4 cm³/mol. The largest absolute Gasteiger partial charge is 0.488 e. The van der Waals surface area contributed by atoms with Gasteiger partial charge in [0.15, 0.2) is 11.6 Å². The predicted octanol–water partition coefficient (Wildman–Crippen LogP) is 4.07. The summed E-state index contributed by atoms with van der Waals surface area (Å²) in [7, 11) is 1.85. The second-order valence-corrected chi connectivity index (χ2v) is 6.75. The average molecular weight is 398 g/mol. The number of ether oxygens (including phenoxy) is 2. The molecule has 0 amide bonds. The minimum absolute atomic E-state index is 0.0102. The molecule has 0 saturated carbocycles. The van der Waals surface area contributed by atoms with E-state index >= 15 is 0 Å². The summed E-state index contributed by atoms with van der Waals surface area (Å²) in [4.78, 5) is 24.3. The van der Waals surface area contributed by atoms with Gasteiger partial charge in [-0.05, 0) is 30.6 Å². The summed E-state index contributed by atoms with van der Waals surface area (Å²) in [5.74, 6) is 1.50. The van der Waals surface area contributed by atoms with E-state index in [0.717, 1.165) is 22.3 Å². The van der Waals surface area contributed by atoms with Crippen molar-refractivity contribution in [2.24, 2.45) is 0 Å². The third-order valence-corrected chi connectivity index (χ3v) is 5.05. The van der Waals surface area contributed by atoms with E-state index < -0.39 is 0 Å². The van der Waals surface area contributed by atoms with Gasteiger partial charge in [-0.3, -0.25) is 9.59 Å². The summed E-state index contributed by atoms with van der Waals surface area (Å²) < 4.78 is 11.8. The van der Waals surface area contributed by atoms with Gasteiger partial charge in [-0.15, -0.1) is 0 Å². The standard InChI is InChI=1S/C19H15BBrO4/c1-20-6-14(22)10-2-12-8-25-17-5-11(15(23)7-21)3-13-9-24-16(4-10)18(12)19(13)17/h2-5H,6-9H2,1H3. The van der Waals surface area contributed by atoms with Crippen LogP contribution in [0.2, 0.25) is 13.1 Å². The van der Waals surface area contributed by atoms with Gasteiger partial charge in [-0.25, -0.2) is 0 Å². The van der Waals surface area contributed by atoms with E-state index in [4.69, 9.17) is 9.47 Å². The number of alkyl halides is 1. The molecule has 2 aliphatic rings. The molecule has 2 aliphatic heterocycles. The zero-order valence-corrected chi connectivity index (χ0v) is 15.3. The Bertz CT molecular complexity index is 856. The molecule has 0 bridgehead atoms. The highest BCUT2D eigenvalue weighted by Crippen LogP contribution is 2.49. The maximum Gasteiger partial charge on any atom is 0.173 e. The van der Waals surface area contributed by atoms with Crippen LogP contribution in [0.3, 0.4) is 0 Å². The lowest BCUT2D eigenvalue weighted by atomic mass is 9.74. The van der Waals surface area contributed by atoms with Crippen LogP contribution < -0.4 is 9.47 Å². The van der Waals surface area contributed by atoms with Crippen LogP contribution in [0.1, 0.15) is 31.8 Å². The van der Waals surface area contributed by atoms with Crippen molar-refractivity contribution < 1.29 is 19.1 Å². The molecule has 6 heteroatoms. The van der Waals surface area contributed by atoms with E-state index in [2.05, 4.69) is 15.9 Å². The minimum Gasteiger partial charge on any atom is -0.488 e. The molecule has 0 atom stereocenters. The maximum atomic E-state index is 12.2. The van der Waals surface area contributed by atoms with Gasteiger partial charge < -0.3 is 9.47 Å². The second-order valence-electron chi connectivity index (χ2n) is 6.19. The van der Waals surface area contributed by atoms with Gasteiger partial charge in [0, 0.05) is 33.4 Å². The van der Waals surface area contributed by atoms with Crippen LogP contribution in [0.15, 0.2) is 24.3 Å². The zero-order chi connectivity index (χ0) is 17.6. The molecule has 0 aliphatic carbocycles. The first-order valence-corrected chi connectivity index (χ1v) is 9.24. The smallest absolute Gasteiger partial charge is 0.173 e. The number of hydrogen-bond donors (Lipinski definition) is 0. The third kappa shape index (κ3) is 2.69. The first-order chi connectivity index (χ1) is 12.1. The molecule has 25 heavy (non-hydrogen) atoms. The lowest BCUT2D eigenvalue weighted by molar-refractivity contribution is 0.101. The fraction of sp³-hybridized carbons (Fsp3) is 0.263. The van der Waals surface area contributed by atoms with Crippen molar-refractivity contribution in [2.75, 3.05) is 5.33 Å². The molecule has 4 rings (SSSR count). The van der Waals surface area contributed by atoms with E-state index in [-0.39, 0.29) is 16.9 Å². The monoisotopic (exact) mass is 397 g/mol. The first kappa shape index (κ1) is 16.4. The van der Waals surface area contributed by atoms with E-state index in [1.807, 2.05) is 32.3 Å². The van der Waals surface area contributed by atoms with Crippen molar-refractivity contribution in [1.29, 1.82) is 0 Å². The quantitative estimate of drug-likeness (QED) is 0.433. The van der Waals surface area contributed by atoms with Crippen LogP contribution in [0, 0.1) is 0 Å². The van der Waals surface area contributed by atoms with Crippen molar-refractivity contribution in [3.05, 3.63) is 46.5 Å². The second kappa shape index (κ2) is 6.34. The molecule has 2 heterocycles. The molecule has 0 aromatic heterocycles. The number of carbonyl (C=O) groups excluding carboxylic acids is 2. The third-order valence-electron chi connectivity index (χ3n) is 4.54. The molecule has 1 radical (unpaired) electrons. The Balaban J connectivity index is 1.86. The Morgan fingerprint density at radius 1 is 0.960 bits per heavy atom. The summed E-state index contributed by atoms with van der Waals surface area (Å²) in [6, 6.07) is 7.38. The molecule has 0 N–H and O–H groups in total. The van der Waals surface area contributed by atoms with Crippen LogP contribution >= 0.6 is 15.9 Å². The molecular weight excluding hydrogens is 383 g/mol. The number of carbonyl (C=O) groups is 2. The molecule has 4 nitrogen and oxygen atoms in total. The van der Waals surface area contributed by atoms with Crippen LogP contribution in [0.25, 0.3) is 11.1 Å². The van der Waals surface area contributed by atoms with Crippen LogP contribution in [-0.2, 0) is 13.2 Å². The number of halogens is 1. The van der Waals surface area contributed by atoms with E-state index in [1.54, 1.807) is 6.07 Å². The van der Waals surface area contributed by atoms with Crippen LogP contribution in [0.5, 0.6) is 11.5 Å². The maximum absolute atomic E-state index is 12.2. The molecule has 2 aromatic rings. The highest BCUT2D eigenvalue weighted by Gasteiger charge is 2.30. The molecule has 0 fully saturated rings. The van der Waals surface area contributed by atoms with Gasteiger partial charge in [0.05, 0.1) is 5.33 Å². The first-order valence-electron chi connectivity index (χ1n) is 8.12. The van der Waals surface area contributed by atoms with Crippen molar-refractivity contribution >= 4 is 34.8 Å². The van der Waals surface area contributed by atoms with Gasteiger partial charge in [0.25, 0.3) is 0 Å². The summed E-state index contributed by atoms with van der Waals surface area (Å²) in [5, 5.41) is 0.272. The summed E-state index contributed by atoms with van der Waals surface area (Å²) in [6.07, 6.45) is 0.402. The Morgan fingerprint density at radius 3 is 1.96 bits per heavy atom. The van der Waals surface area contributed by atoms with Gasteiger partial charge in [0.1, 0.15) is 32.0 Å². The molecular formula is C19H15BBrO4. The SMILES string of the molecule is C[B]CC(=O)c1cc2c3c(c1)OCc1cc(C(=O)CBr)cc(c1-3)OC2. The van der Waals surface area contributed by atoms with Gasteiger partial charge in [-0.2, -0.15) is 0 Å². The number of Topliss-reactive ketones (excluding diaryl/α,β-unsaturated/α-hetero) is 2. The van der Waals surface area contributed by atoms with Crippen molar-refractivity contribution in [2.45, 2.75) is 26.4 Å². The number of ketones is 2. The molecule has 0 unspecified atom stereocenters. The summed E-state index contributed by atoms with van der Waals surface area (Å²) >= 11 is 3.21. The van der Waals surface area contributed by atoms with Gasteiger partial charge >= 0.3 is 0 Å². The molecule has 0 saturated heterocycles. The normalized spacial score (nSPS) is 13.4. The van der Waals surface area contributed by atoms with Gasteiger partial charge in [0.2, 0.25) is 0 Å². The van der Waals surface area contributed by atoms with Crippen LogP contribution in [-0.4, -0.2) is 24.2 Å². The van der Waals surface area contributed by atoms with Crippen molar-refractivity contribution in [1.82, 2.24) is 0 Å². The number of rotatable bonds is 5. The molecule has 0 spiro atoms. The van der Waals surface area contributed by atoms with Crippen molar-refractivity contribution in [3.8, 4) is 22.6 Å². The summed E-state index contributed by atoms with van der Waals surface area (Å²) in [6.45, 7) is 2.59. The molecule has 125 valence electrons. The Morgan fingerprint density at radius 2 is 1.48 bits per heavy atom. The van der Waals surface area contributed by atoms with E-state index in [9.17, 15) is 9.59 Å². The topological polar surface area (TPSA) is 52.6 Å². The minimum atomic E-state index is 0.0102. The van der Waals surface area contributed by atoms with Crippen LogP contribution in [0.4, 0.5) is 0 Å². The molecule has 2 aromatic carbocycles.